The molecule has 2 aromatic carbocycles. The van der Waals surface area contributed by atoms with Crippen molar-refractivity contribution in [2.75, 3.05) is 52.3 Å². The highest BCUT2D eigenvalue weighted by atomic mass is 19.1. The summed E-state index contributed by atoms with van der Waals surface area (Å²) >= 11 is 0. The van der Waals surface area contributed by atoms with Crippen LogP contribution in [-0.4, -0.2) is 84.9 Å². The SMILES string of the molecule is COCC(=O)N1CC[C@H](Oc2ccc(-c3nccc(Nc4ccc(C5CCN(C)CC5)c(C)c4)n3)cc2C#N)[C@H](F)C1. The van der Waals surface area contributed by atoms with Gasteiger partial charge in [0.1, 0.15) is 30.3 Å². The molecule has 2 atom stereocenters. The molecule has 0 unspecified atom stereocenters. The molecule has 2 saturated heterocycles. The number of ether oxygens (including phenoxy) is 2. The zero-order valence-corrected chi connectivity index (χ0v) is 24.3. The Bertz CT molecular complexity index is 1450. The molecule has 1 amide bonds. The Morgan fingerprint density at radius 3 is 2.67 bits per heavy atom. The van der Waals surface area contributed by atoms with Crippen LogP contribution < -0.4 is 10.1 Å². The number of aryl methyl sites for hydroxylation is 1. The zero-order chi connectivity index (χ0) is 29.6. The molecule has 0 aliphatic carbocycles. The number of likely N-dealkylation sites (tertiary alicyclic amines) is 2. The molecule has 2 aliphatic rings. The molecule has 1 N–H and O–H groups in total. The molecule has 9 nitrogen and oxygen atoms in total. The van der Waals surface area contributed by atoms with Crippen molar-refractivity contribution in [1.29, 1.82) is 5.26 Å². The lowest BCUT2D eigenvalue weighted by molar-refractivity contribution is -0.139. The second kappa shape index (κ2) is 13.3. The fraction of sp³-hybridized carbons (Fsp3) is 0.438. The van der Waals surface area contributed by atoms with Gasteiger partial charge >= 0.3 is 0 Å². The molecule has 10 heteroatoms. The molecule has 220 valence electrons. The number of nitrogens with one attached hydrogen (secondary N) is 1. The number of halogens is 1. The molecule has 3 aromatic rings. The number of carbonyl (C=O) groups is 1. The summed E-state index contributed by atoms with van der Waals surface area (Å²) in [5.41, 5.74) is 4.53. The fourth-order valence-electron chi connectivity index (χ4n) is 5.73. The Balaban J connectivity index is 1.26. The van der Waals surface area contributed by atoms with E-state index in [0.717, 1.165) is 18.8 Å². The number of alkyl halides is 1. The number of anilines is 2. The minimum absolute atomic E-state index is 0.0686. The Labute approximate surface area is 246 Å². The molecule has 0 bridgehead atoms. The van der Waals surface area contributed by atoms with E-state index in [9.17, 15) is 14.4 Å². The summed E-state index contributed by atoms with van der Waals surface area (Å²) in [5.74, 6) is 1.73. The van der Waals surface area contributed by atoms with Gasteiger partial charge in [0.2, 0.25) is 5.91 Å². The van der Waals surface area contributed by atoms with Crippen molar-refractivity contribution < 1.29 is 18.7 Å². The summed E-state index contributed by atoms with van der Waals surface area (Å²) in [6, 6.07) is 15.5. The Morgan fingerprint density at radius 1 is 1.14 bits per heavy atom. The highest BCUT2D eigenvalue weighted by molar-refractivity contribution is 5.77. The van der Waals surface area contributed by atoms with E-state index >= 15 is 0 Å². The highest BCUT2D eigenvalue weighted by Gasteiger charge is 2.33. The van der Waals surface area contributed by atoms with Gasteiger partial charge < -0.3 is 24.6 Å². The van der Waals surface area contributed by atoms with Crippen LogP contribution in [0.3, 0.4) is 0 Å². The maximum atomic E-state index is 14.9. The first-order valence-electron chi connectivity index (χ1n) is 14.4. The second-order valence-electron chi connectivity index (χ2n) is 11.1. The number of hydrogen-bond acceptors (Lipinski definition) is 8. The quantitative estimate of drug-likeness (QED) is 0.409. The van der Waals surface area contributed by atoms with E-state index in [1.54, 1.807) is 30.5 Å². The number of nitrogens with zero attached hydrogens (tertiary/aromatic N) is 5. The fourth-order valence-corrected chi connectivity index (χ4v) is 5.73. The minimum Gasteiger partial charge on any atom is -0.486 e. The van der Waals surface area contributed by atoms with Crippen molar-refractivity contribution in [1.82, 2.24) is 19.8 Å². The highest BCUT2D eigenvalue weighted by Crippen LogP contribution is 2.32. The van der Waals surface area contributed by atoms with Crippen LogP contribution in [0.4, 0.5) is 15.9 Å². The molecule has 3 heterocycles. The predicted molar refractivity (Wildman–Crippen MR) is 159 cm³/mol. The van der Waals surface area contributed by atoms with Crippen LogP contribution in [-0.2, 0) is 9.53 Å². The van der Waals surface area contributed by atoms with E-state index in [4.69, 9.17) is 9.47 Å². The molecule has 5 rings (SSSR count). The average molecular weight is 573 g/mol. The Hall–Kier alpha value is -4.07. The van der Waals surface area contributed by atoms with Crippen molar-refractivity contribution in [3.05, 3.63) is 65.4 Å². The molecule has 0 spiro atoms. The number of carbonyl (C=O) groups excluding carboxylic acids is 1. The van der Waals surface area contributed by atoms with Crippen molar-refractivity contribution in [3.8, 4) is 23.2 Å². The van der Waals surface area contributed by atoms with Gasteiger partial charge in [-0.2, -0.15) is 5.26 Å². The third-order valence-corrected chi connectivity index (χ3v) is 8.10. The summed E-state index contributed by atoms with van der Waals surface area (Å²) < 4.78 is 25.7. The van der Waals surface area contributed by atoms with Crippen LogP contribution >= 0.6 is 0 Å². The Morgan fingerprint density at radius 2 is 1.95 bits per heavy atom. The largest absolute Gasteiger partial charge is 0.486 e. The number of nitriles is 1. The second-order valence-corrected chi connectivity index (χ2v) is 11.1. The van der Waals surface area contributed by atoms with E-state index in [1.807, 2.05) is 0 Å². The maximum Gasteiger partial charge on any atom is 0.248 e. The first kappa shape index (κ1) is 29.4. The topological polar surface area (TPSA) is 104 Å². The molecule has 2 aliphatic heterocycles. The van der Waals surface area contributed by atoms with E-state index in [1.165, 1.54) is 36.0 Å². The average Bonchev–Trinajstić information content (AvgIpc) is 2.99. The normalized spacial score (nSPS) is 19.7. The molecular weight excluding hydrogens is 535 g/mol. The summed E-state index contributed by atoms with van der Waals surface area (Å²) in [7, 11) is 3.61. The number of benzene rings is 2. The number of methoxy groups -OCH3 is 1. The van der Waals surface area contributed by atoms with Crippen LogP contribution in [0.1, 0.15) is 41.9 Å². The summed E-state index contributed by atoms with van der Waals surface area (Å²) in [6.45, 7) is 4.62. The molecular formula is C32H37FN6O3. The van der Waals surface area contributed by atoms with E-state index in [-0.39, 0.29) is 24.6 Å². The number of piperidine rings is 2. The lowest BCUT2D eigenvalue weighted by Crippen LogP contribution is -2.50. The molecule has 42 heavy (non-hydrogen) atoms. The smallest absolute Gasteiger partial charge is 0.248 e. The summed E-state index contributed by atoms with van der Waals surface area (Å²) in [6.07, 6.45) is 2.21. The number of hydrogen-bond donors (Lipinski definition) is 1. The number of aromatic nitrogens is 2. The van der Waals surface area contributed by atoms with Crippen molar-refractivity contribution >= 4 is 17.4 Å². The van der Waals surface area contributed by atoms with Gasteiger partial charge in [-0.05, 0) is 93.3 Å². The minimum atomic E-state index is -1.38. The van der Waals surface area contributed by atoms with E-state index < -0.39 is 12.3 Å². The molecule has 1 aromatic heterocycles. The van der Waals surface area contributed by atoms with Crippen LogP contribution in [0, 0.1) is 18.3 Å². The first-order chi connectivity index (χ1) is 20.3. The lowest BCUT2D eigenvalue weighted by atomic mass is 9.87. The van der Waals surface area contributed by atoms with Gasteiger partial charge in [-0.15, -0.1) is 0 Å². The summed E-state index contributed by atoms with van der Waals surface area (Å²) in [5, 5.41) is 13.2. The Kier molecular flexibility index (Phi) is 9.30. The predicted octanol–water partition coefficient (Wildman–Crippen LogP) is 4.84. The van der Waals surface area contributed by atoms with Gasteiger partial charge in [0.25, 0.3) is 0 Å². The van der Waals surface area contributed by atoms with Gasteiger partial charge in [0.15, 0.2) is 12.0 Å². The van der Waals surface area contributed by atoms with Gasteiger partial charge in [-0.25, -0.2) is 14.4 Å². The standard InChI is InChI=1S/C32H37FN6O3/c1-21-16-25(5-6-26(21)22-9-13-38(2)14-10-22)36-30-8-12-35-32(37-30)23-4-7-28(24(17-23)18-34)42-29-11-15-39(19-27(29)33)31(40)20-41-3/h4-8,12,16-17,22,27,29H,9-11,13-15,19-20H2,1-3H3,(H,35,36,37)/t27-,29+/m1/s1. The van der Waals surface area contributed by atoms with Crippen molar-refractivity contribution in [2.24, 2.45) is 0 Å². The third-order valence-electron chi connectivity index (χ3n) is 8.10. The van der Waals surface area contributed by atoms with Crippen LogP contribution in [0.25, 0.3) is 11.4 Å². The third kappa shape index (κ3) is 6.86. The molecule has 0 saturated carbocycles. The van der Waals surface area contributed by atoms with Crippen LogP contribution in [0.15, 0.2) is 48.7 Å². The summed E-state index contributed by atoms with van der Waals surface area (Å²) in [4.78, 5) is 24.9. The van der Waals surface area contributed by atoms with Gasteiger partial charge in [-0.1, -0.05) is 6.07 Å². The van der Waals surface area contributed by atoms with Crippen LogP contribution in [0.5, 0.6) is 5.75 Å². The van der Waals surface area contributed by atoms with E-state index in [2.05, 4.69) is 58.4 Å². The molecule has 0 radical (unpaired) electrons. The van der Waals surface area contributed by atoms with E-state index in [0.29, 0.717) is 41.8 Å². The van der Waals surface area contributed by atoms with Crippen molar-refractivity contribution in [2.45, 2.75) is 44.4 Å². The number of rotatable bonds is 8. The first-order valence-corrected chi connectivity index (χ1v) is 14.4. The van der Waals surface area contributed by atoms with Crippen LogP contribution in [0.2, 0.25) is 0 Å². The maximum absolute atomic E-state index is 14.9. The van der Waals surface area contributed by atoms with Gasteiger partial charge in [0.05, 0.1) is 12.1 Å². The van der Waals surface area contributed by atoms with Gasteiger partial charge in [0, 0.05) is 37.5 Å². The monoisotopic (exact) mass is 572 g/mol. The van der Waals surface area contributed by atoms with Gasteiger partial charge in [-0.3, -0.25) is 4.79 Å². The van der Waals surface area contributed by atoms with Crippen molar-refractivity contribution in [3.63, 3.8) is 0 Å². The zero-order valence-electron chi connectivity index (χ0n) is 24.3. The molecule has 2 fully saturated rings. The number of amides is 1. The lowest BCUT2D eigenvalue weighted by Gasteiger charge is -2.34.